The molecule has 0 heterocycles. The average Bonchev–Trinajstić information content (AvgIpc) is 1.85. The van der Waals surface area contributed by atoms with E-state index in [1.54, 1.807) is 0 Å². The van der Waals surface area contributed by atoms with Crippen LogP contribution in [0.5, 0.6) is 0 Å². The van der Waals surface area contributed by atoms with Gasteiger partial charge in [-0.3, -0.25) is 0 Å². The minimum Gasteiger partial charge on any atom is -0.326 e. The van der Waals surface area contributed by atoms with Gasteiger partial charge < -0.3 is 5.73 Å². The van der Waals surface area contributed by atoms with Crippen LogP contribution in [-0.4, -0.2) is 0 Å². The third-order valence-corrected chi connectivity index (χ3v) is 1.83. The fourth-order valence-electron chi connectivity index (χ4n) is 0.729. The van der Waals surface area contributed by atoms with Gasteiger partial charge >= 0.3 is 0 Å². The van der Waals surface area contributed by atoms with Crippen LogP contribution >= 0.6 is 39.9 Å². The van der Waals surface area contributed by atoms with Gasteiger partial charge in [-0.25, -0.2) is 0 Å². The van der Waals surface area contributed by atoms with E-state index in [-0.39, 0.29) is 12.4 Å². The molecular weight excluding hydrogens is 249 g/mol. The van der Waals surface area contributed by atoms with Crippen LogP contribution in [0.3, 0.4) is 0 Å². The highest BCUT2D eigenvalue weighted by Crippen LogP contribution is 2.18. The maximum atomic E-state index is 5.74. The van der Waals surface area contributed by atoms with Gasteiger partial charge in [0.05, 0.1) is 0 Å². The normalized spacial score (nSPS) is 9.00. The summed E-state index contributed by atoms with van der Waals surface area (Å²) in [5.41, 5.74) is 6.45. The van der Waals surface area contributed by atoms with Gasteiger partial charge in [0.1, 0.15) is 0 Å². The Morgan fingerprint density at radius 3 is 2.45 bits per heavy atom. The lowest BCUT2D eigenvalue weighted by Gasteiger charge is -1.97. The number of benzene rings is 1. The molecule has 1 rings (SSSR count). The van der Waals surface area contributed by atoms with Crippen molar-refractivity contribution in [3.63, 3.8) is 0 Å². The molecule has 0 radical (unpaired) electrons. The van der Waals surface area contributed by atoms with Crippen molar-refractivity contribution in [1.82, 2.24) is 0 Å². The summed E-state index contributed by atoms with van der Waals surface area (Å²) in [7, 11) is 0. The smallest absolute Gasteiger partial charge is 0.0420 e. The number of nitrogens with two attached hydrogens (primary N) is 1. The molecule has 0 saturated carbocycles. The quantitative estimate of drug-likeness (QED) is 0.822. The summed E-state index contributed by atoms with van der Waals surface area (Å²) in [6, 6.07) is 5.64. The third-order valence-electron chi connectivity index (χ3n) is 1.16. The van der Waals surface area contributed by atoms with Crippen LogP contribution in [0.15, 0.2) is 22.7 Å². The van der Waals surface area contributed by atoms with Gasteiger partial charge in [0.2, 0.25) is 0 Å². The summed E-state index contributed by atoms with van der Waals surface area (Å²) in [4.78, 5) is 0. The molecule has 0 aliphatic rings. The topological polar surface area (TPSA) is 26.0 Å². The van der Waals surface area contributed by atoms with Gasteiger partial charge in [-0.1, -0.05) is 27.5 Å². The van der Waals surface area contributed by atoms with Gasteiger partial charge in [0.25, 0.3) is 0 Å². The van der Waals surface area contributed by atoms with E-state index >= 15 is 0 Å². The van der Waals surface area contributed by atoms with Crippen LogP contribution in [0.25, 0.3) is 0 Å². The Bertz CT molecular complexity index is 220. The summed E-state index contributed by atoms with van der Waals surface area (Å²) in [5, 5.41) is 0.717. The van der Waals surface area contributed by atoms with E-state index in [1.807, 2.05) is 18.2 Å². The van der Waals surface area contributed by atoms with E-state index < -0.39 is 0 Å². The second kappa shape index (κ2) is 4.99. The predicted octanol–water partition coefficient (Wildman–Crippen LogP) is 2.98. The Balaban J connectivity index is 0.000001000. The molecule has 4 heteroatoms. The Morgan fingerprint density at radius 1 is 1.36 bits per heavy atom. The molecular formula is C7H8BrCl2N. The van der Waals surface area contributed by atoms with E-state index in [0.717, 1.165) is 15.1 Å². The van der Waals surface area contributed by atoms with Gasteiger partial charge in [-0.15, -0.1) is 12.4 Å². The minimum atomic E-state index is 0. The zero-order chi connectivity index (χ0) is 7.56. The molecule has 2 N–H and O–H groups in total. The van der Waals surface area contributed by atoms with Crippen LogP contribution in [0.2, 0.25) is 5.02 Å². The molecule has 0 aromatic heterocycles. The minimum absolute atomic E-state index is 0. The zero-order valence-corrected chi connectivity index (χ0v) is 8.84. The first kappa shape index (κ1) is 11.2. The first-order valence-corrected chi connectivity index (χ1v) is 4.04. The van der Waals surface area contributed by atoms with Crippen molar-refractivity contribution in [2.75, 3.05) is 0 Å². The van der Waals surface area contributed by atoms with Crippen LogP contribution in [0, 0.1) is 0 Å². The molecule has 0 bridgehead atoms. The largest absolute Gasteiger partial charge is 0.326 e. The zero-order valence-electron chi connectivity index (χ0n) is 5.68. The summed E-state index contributed by atoms with van der Waals surface area (Å²) in [6.07, 6.45) is 0. The Morgan fingerprint density at radius 2 is 2.00 bits per heavy atom. The number of rotatable bonds is 1. The Hall–Kier alpha value is 0.240. The molecule has 0 spiro atoms. The van der Waals surface area contributed by atoms with E-state index in [4.69, 9.17) is 17.3 Å². The van der Waals surface area contributed by atoms with Crippen molar-refractivity contribution < 1.29 is 0 Å². The second-order valence-corrected chi connectivity index (χ2v) is 3.33. The summed E-state index contributed by atoms with van der Waals surface area (Å²) < 4.78 is 0.973. The maximum Gasteiger partial charge on any atom is 0.0420 e. The van der Waals surface area contributed by atoms with Crippen molar-refractivity contribution in [1.29, 1.82) is 0 Å². The lowest BCUT2D eigenvalue weighted by atomic mass is 10.2. The molecule has 62 valence electrons. The van der Waals surface area contributed by atoms with Crippen molar-refractivity contribution in [2.45, 2.75) is 6.54 Å². The van der Waals surface area contributed by atoms with Crippen LogP contribution < -0.4 is 5.73 Å². The average molecular weight is 257 g/mol. The molecule has 1 aromatic carbocycles. The Labute approximate surface area is 85.5 Å². The molecule has 0 aliphatic heterocycles. The molecule has 1 nitrogen and oxygen atoms in total. The fourth-order valence-corrected chi connectivity index (χ4v) is 1.66. The standard InChI is InChI=1S/C7H7BrClN.ClH/c8-6-1-5(4-10)2-7(9)3-6;/h1-3H,4,10H2;1H. The summed E-state index contributed by atoms with van der Waals surface area (Å²) in [5.74, 6) is 0. The molecule has 0 saturated heterocycles. The summed E-state index contributed by atoms with van der Waals surface area (Å²) >= 11 is 9.06. The number of halogens is 3. The lowest BCUT2D eigenvalue weighted by Crippen LogP contribution is -1.95. The van der Waals surface area contributed by atoms with Crippen molar-refractivity contribution >= 4 is 39.9 Å². The van der Waals surface area contributed by atoms with Crippen molar-refractivity contribution in [3.05, 3.63) is 33.3 Å². The van der Waals surface area contributed by atoms with E-state index in [2.05, 4.69) is 15.9 Å². The third kappa shape index (κ3) is 3.43. The number of hydrogen-bond acceptors (Lipinski definition) is 1. The fraction of sp³-hybridized carbons (Fsp3) is 0.143. The maximum absolute atomic E-state index is 5.74. The first-order valence-electron chi connectivity index (χ1n) is 2.87. The molecule has 0 amide bonds. The highest BCUT2D eigenvalue weighted by molar-refractivity contribution is 9.10. The van der Waals surface area contributed by atoms with Gasteiger partial charge in [0.15, 0.2) is 0 Å². The van der Waals surface area contributed by atoms with E-state index in [0.29, 0.717) is 6.54 Å². The highest BCUT2D eigenvalue weighted by atomic mass is 79.9. The van der Waals surface area contributed by atoms with E-state index in [1.165, 1.54) is 0 Å². The van der Waals surface area contributed by atoms with Crippen molar-refractivity contribution in [2.24, 2.45) is 5.73 Å². The lowest BCUT2D eigenvalue weighted by molar-refractivity contribution is 1.07. The predicted molar refractivity (Wildman–Crippen MR) is 54.3 cm³/mol. The van der Waals surface area contributed by atoms with E-state index in [9.17, 15) is 0 Å². The highest BCUT2D eigenvalue weighted by Gasteiger charge is 1.94. The molecule has 11 heavy (non-hydrogen) atoms. The SMILES string of the molecule is Cl.NCc1cc(Cl)cc(Br)c1. The van der Waals surface area contributed by atoms with Crippen LogP contribution in [-0.2, 0) is 6.54 Å². The Kier molecular flexibility index (Phi) is 5.10. The van der Waals surface area contributed by atoms with Gasteiger partial charge in [0, 0.05) is 16.0 Å². The van der Waals surface area contributed by atoms with Gasteiger partial charge in [-0.05, 0) is 23.8 Å². The molecule has 0 fully saturated rings. The monoisotopic (exact) mass is 255 g/mol. The van der Waals surface area contributed by atoms with Crippen LogP contribution in [0.1, 0.15) is 5.56 Å². The summed E-state index contributed by atoms with van der Waals surface area (Å²) in [6.45, 7) is 0.527. The second-order valence-electron chi connectivity index (χ2n) is 1.98. The molecule has 0 aliphatic carbocycles. The van der Waals surface area contributed by atoms with Crippen LogP contribution in [0.4, 0.5) is 0 Å². The molecule has 1 aromatic rings. The molecule has 0 unspecified atom stereocenters. The van der Waals surface area contributed by atoms with Crippen molar-refractivity contribution in [3.8, 4) is 0 Å². The number of hydrogen-bond donors (Lipinski definition) is 1. The first-order chi connectivity index (χ1) is 4.72. The molecule has 0 atom stereocenters. The van der Waals surface area contributed by atoms with Gasteiger partial charge in [-0.2, -0.15) is 0 Å².